The molecule has 136 valence electrons. The van der Waals surface area contributed by atoms with Crippen LogP contribution in [-0.2, 0) is 0 Å². The van der Waals surface area contributed by atoms with Gasteiger partial charge in [-0.25, -0.2) is 19.2 Å². The van der Waals surface area contributed by atoms with Gasteiger partial charge in [0.2, 0.25) is 5.88 Å². The first-order chi connectivity index (χ1) is 12.5. The van der Waals surface area contributed by atoms with Crippen molar-refractivity contribution in [1.29, 1.82) is 0 Å². The SMILES string of the molecule is COc1cnc(NC(=O)N2CCC(=Cc3ccc(F)cc3)C(C)C2)cn1. The van der Waals surface area contributed by atoms with Crippen LogP contribution in [0.3, 0.4) is 0 Å². The van der Waals surface area contributed by atoms with Gasteiger partial charge in [-0.15, -0.1) is 0 Å². The number of aromatic nitrogens is 2. The van der Waals surface area contributed by atoms with Gasteiger partial charge in [-0.2, -0.15) is 0 Å². The van der Waals surface area contributed by atoms with Crippen molar-refractivity contribution in [1.82, 2.24) is 14.9 Å². The molecule has 3 rings (SSSR count). The number of hydrogen-bond donors (Lipinski definition) is 1. The number of urea groups is 1. The summed E-state index contributed by atoms with van der Waals surface area (Å²) in [6.45, 7) is 3.32. The number of methoxy groups -OCH3 is 1. The average molecular weight is 356 g/mol. The van der Waals surface area contributed by atoms with E-state index in [-0.39, 0.29) is 17.8 Å². The number of hydrogen-bond acceptors (Lipinski definition) is 4. The molecule has 26 heavy (non-hydrogen) atoms. The molecule has 6 nitrogen and oxygen atoms in total. The highest BCUT2D eigenvalue weighted by atomic mass is 19.1. The zero-order chi connectivity index (χ0) is 18.5. The van der Waals surface area contributed by atoms with Crippen molar-refractivity contribution < 1.29 is 13.9 Å². The first kappa shape index (κ1) is 17.8. The van der Waals surface area contributed by atoms with E-state index in [2.05, 4.69) is 28.3 Å². The molecule has 1 aromatic heterocycles. The van der Waals surface area contributed by atoms with Gasteiger partial charge >= 0.3 is 6.03 Å². The van der Waals surface area contributed by atoms with Gasteiger partial charge in [-0.05, 0) is 30.0 Å². The van der Waals surface area contributed by atoms with Gasteiger partial charge in [0.25, 0.3) is 0 Å². The monoisotopic (exact) mass is 356 g/mol. The van der Waals surface area contributed by atoms with Crippen molar-refractivity contribution >= 4 is 17.9 Å². The molecule has 2 aromatic rings. The minimum Gasteiger partial charge on any atom is -0.480 e. The molecular formula is C19H21FN4O2. The third-order valence-corrected chi connectivity index (χ3v) is 4.38. The number of amides is 2. The third-order valence-electron chi connectivity index (χ3n) is 4.38. The number of carbonyl (C=O) groups excluding carboxylic acids is 1. The topological polar surface area (TPSA) is 67.3 Å². The summed E-state index contributed by atoms with van der Waals surface area (Å²) in [6.07, 6.45) is 5.77. The van der Waals surface area contributed by atoms with Crippen LogP contribution in [-0.4, -0.2) is 41.1 Å². The minimum absolute atomic E-state index is 0.197. The van der Waals surface area contributed by atoms with Crippen LogP contribution >= 0.6 is 0 Å². The molecule has 1 aliphatic heterocycles. The molecule has 0 radical (unpaired) electrons. The summed E-state index contributed by atoms with van der Waals surface area (Å²) in [5.41, 5.74) is 2.23. The largest absolute Gasteiger partial charge is 0.480 e. The zero-order valence-corrected chi connectivity index (χ0v) is 14.8. The molecular weight excluding hydrogens is 335 g/mol. The van der Waals surface area contributed by atoms with Gasteiger partial charge in [0, 0.05) is 13.1 Å². The first-order valence-electron chi connectivity index (χ1n) is 8.43. The predicted octanol–water partition coefficient (Wildman–Crippen LogP) is 3.58. The lowest BCUT2D eigenvalue weighted by Crippen LogP contribution is -2.42. The van der Waals surface area contributed by atoms with Crippen LogP contribution in [0.15, 0.2) is 42.2 Å². The van der Waals surface area contributed by atoms with E-state index in [1.807, 2.05) is 0 Å². The van der Waals surface area contributed by atoms with Crippen molar-refractivity contribution in [3.05, 3.63) is 53.6 Å². The molecule has 0 spiro atoms. The van der Waals surface area contributed by atoms with Gasteiger partial charge in [0.05, 0.1) is 19.5 Å². The Kier molecular flexibility index (Phi) is 5.46. The highest BCUT2D eigenvalue weighted by Crippen LogP contribution is 2.25. The van der Waals surface area contributed by atoms with Crippen LogP contribution in [0.5, 0.6) is 5.88 Å². The molecule has 1 unspecified atom stereocenters. The van der Waals surface area contributed by atoms with Crippen LogP contribution < -0.4 is 10.1 Å². The lowest BCUT2D eigenvalue weighted by Gasteiger charge is -2.33. The van der Waals surface area contributed by atoms with E-state index in [9.17, 15) is 9.18 Å². The third kappa shape index (κ3) is 4.36. The molecule has 7 heteroatoms. The Morgan fingerprint density at radius 3 is 2.69 bits per heavy atom. The maximum Gasteiger partial charge on any atom is 0.323 e. The van der Waals surface area contributed by atoms with E-state index >= 15 is 0 Å². The van der Waals surface area contributed by atoms with Crippen molar-refractivity contribution in [2.24, 2.45) is 5.92 Å². The molecule has 0 bridgehead atoms. The molecule has 0 aliphatic carbocycles. The number of halogens is 1. The maximum atomic E-state index is 13.0. The molecule has 1 saturated heterocycles. The Balaban J connectivity index is 1.60. The number of piperidine rings is 1. The van der Waals surface area contributed by atoms with E-state index in [0.717, 1.165) is 12.0 Å². The molecule has 0 saturated carbocycles. The maximum absolute atomic E-state index is 13.0. The van der Waals surface area contributed by atoms with E-state index in [0.29, 0.717) is 24.8 Å². The lowest BCUT2D eigenvalue weighted by atomic mass is 9.91. The summed E-state index contributed by atoms with van der Waals surface area (Å²) in [5.74, 6) is 0.760. The van der Waals surface area contributed by atoms with E-state index in [1.165, 1.54) is 37.2 Å². The predicted molar refractivity (Wildman–Crippen MR) is 97.3 cm³/mol. The minimum atomic E-state index is -0.242. The molecule has 1 aliphatic rings. The van der Waals surface area contributed by atoms with Gasteiger partial charge in [-0.3, -0.25) is 5.32 Å². The second-order valence-electron chi connectivity index (χ2n) is 6.24. The fourth-order valence-electron chi connectivity index (χ4n) is 2.90. The number of nitrogens with one attached hydrogen (secondary N) is 1. The number of anilines is 1. The highest BCUT2D eigenvalue weighted by Gasteiger charge is 2.24. The van der Waals surface area contributed by atoms with Crippen LogP contribution in [0, 0.1) is 11.7 Å². The Hall–Kier alpha value is -2.96. The summed E-state index contributed by atoms with van der Waals surface area (Å²) in [5, 5.41) is 2.75. The Morgan fingerprint density at radius 2 is 2.08 bits per heavy atom. The molecule has 2 amide bonds. The van der Waals surface area contributed by atoms with Crippen LogP contribution in [0.2, 0.25) is 0 Å². The Labute approximate surface area is 151 Å². The summed E-state index contributed by atoms with van der Waals surface area (Å²) in [6, 6.07) is 6.23. The zero-order valence-electron chi connectivity index (χ0n) is 14.8. The second kappa shape index (κ2) is 7.95. The van der Waals surface area contributed by atoms with Crippen molar-refractivity contribution in [3.63, 3.8) is 0 Å². The molecule has 1 atom stereocenters. The fourth-order valence-corrected chi connectivity index (χ4v) is 2.90. The second-order valence-corrected chi connectivity index (χ2v) is 6.24. The fraction of sp³-hybridized carbons (Fsp3) is 0.316. The Bertz CT molecular complexity index is 790. The van der Waals surface area contributed by atoms with Gasteiger partial charge < -0.3 is 9.64 Å². The standard InChI is InChI=1S/C19H21FN4O2/c1-13-12-24(19(25)23-17-10-22-18(26-2)11-21-17)8-7-15(13)9-14-3-5-16(20)6-4-14/h3-6,9-11,13H,7-8,12H2,1-2H3,(H,21,23,25). The van der Waals surface area contributed by atoms with Crippen molar-refractivity contribution in [3.8, 4) is 5.88 Å². The highest BCUT2D eigenvalue weighted by molar-refractivity contribution is 5.88. The molecule has 1 fully saturated rings. The number of ether oxygens (including phenoxy) is 1. The smallest absolute Gasteiger partial charge is 0.323 e. The normalized spacial score (nSPS) is 18.7. The number of likely N-dealkylation sites (tertiary alicyclic amines) is 1. The Morgan fingerprint density at radius 1 is 1.31 bits per heavy atom. The quantitative estimate of drug-likeness (QED) is 0.913. The van der Waals surface area contributed by atoms with Gasteiger partial charge in [-0.1, -0.05) is 30.7 Å². The summed E-state index contributed by atoms with van der Waals surface area (Å²) in [4.78, 5) is 22.3. The van der Waals surface area contributed by atoms with Crippen molar-refractivity contribution in [2.75, 3.05) is 25.5 Å². The average Bonchev–Trinajstić information content (AvgIpc) is 2.65. The lowest BCUT2D eigenvalue weighted by molar-refractivity contribution is 0.197. The molecule has 1 N–H and O–H groups in total. The number of carbonyl (C=O) groups is 1. The van der Waals surface area contributed by atoms with Crippen LogP contribution in [0.25, 0.3) is 6.08 Å². The summed E-state index contributed by atoms with van der Waals surface area (Å²) in [7, 11) is 1.51. The summed E-state index contributed by atoms with van der Waals surface area (Å²) >= 11 is 0. The van der Waals surface area contributed by atoms with Crippen LogP contribution in [0.1, 0.15) is 18.9 Å². The van der Waals surface area contributed by atoms with Crippen molar-refractivity contribution in [2.45, 2.75) is 13.3 Å². The number of benzene rings is 1. The molecule has 1 aromatic carbocycles. The first-order valence-corrected chi connectivity index (χ1v) is 8.43. The molecule has 2 heterocycles. The van der Waals surface area contributed by atoms with E-state index in [4.69, 9.17) is 4.74 Å². The van der Waals surface area contributed by atoms with E-state index < -0.39 is 0 Å². The van der Waals surface area contributed by atoms with Gasteiger partial charge in [0.1, 0.15) is 5.82 Å². The number of nitrogens with zero attached hydrogens (tertiary/aromatic N) is 3. The summed E-state index contributed by atoms with van der Waals surface area (Å²) < 4.78 is 18.0. The van der Waals surface area contributed by atoms with Crippen LogP contribution in [0.4, 0.5) is 15.0 Å². The van der Waals surface area contributed by atoms with E-state index in [1.54, 1.807) is 17.0 Å². The number of rotatable bonds is 3. The van der Waals surface area contributed by atoms with Gasteiger partial charge in [0.15, 0.2) is 5.82 Å².